The summed E-state index contributed by atoms with van der Waals surface area (Å²) in [4.78, 5) is 21.7. The maximum Gasteiger partial charge on any atom is 0.345 e. The molecule has 0 aliphatic carbocycles. The second-order valence-electron chi connectivity index (χ2n) is 4.34. The molecule has 3 heterocycles. The number of hydrogen-bond donors (Lipinski definition) is 1. The first kappa shape index (κ1) is 12.8. The lowest BCUT2D eigenvalue weighted by Gasteiger charge is -2.06. The van der Waals surface area contributed by atoms with Crippen LogP contribution in [0.2, 0.25) is 0 Å². The van der Waals surface area contributed by atoms with Crippen LogP contribution in [0.4, 0.5) is 5.82 Å². The summed E-state index contributed by atoms with van der Waals surface area (Å²) in [6.07, 6.45) is 1.48. The van der Waals surface area contributed by atoms with Crippen molar-refractivity contribution in [1.82, 2.24) is 24.3 Å². The van der Waals surface area contributed by atoms with E-state index in [4.69, 9.17) is 0 Å². The molecule has 20 heavy (non-hydrogen) atoms. The Morgan fingerprint density at radius 1 is 1.40 bits per heavy atom. The van der Waals surface area contributed by atoms with Crippen LogP contribution in [0.3, 0.4) is 0 Å². The summed E-state index contributed by atoms with van der Waals surface area (Å²) in [6.45, 7) is 3.07. The van der Waals surface area contributed by atoms with Crippen LogP contribution in [0.5, 0.6) is 0 Å². The van der Waals surface area contributed by atoms with Gasteiger partial charge < -0.3 is 5.32 Å². The average Bonchev–Trinajstić information content (AvgIpc) is 3.01. The topological polar surface area (TPSA) is 77.6 Å². The van der Waals surface area contributed by atoms with Crippen LogP contribution in [0, 0.1) is 0 Å². The molecule has 0 aliphatic rings. The summed E-state index contributed by atoms with van der Waals surface area (Å²) in [5.74, 6) is 1.38. The monoisotopic (exact) mass is 290 g/mol. The zero-order valence-electron chi connectivity index (χ0n) is 11.2. The molecule has 0 unspecified atom stereocenters. The quantitative estimate of drug-likeness (QED) is 0.777. The third kappa shape index (κ3) is 2.18. The molecule has 0 atom stereocenters. The molecule has 8 heteroatoms. The summed E-state index contributed by atoms with van der Waals surface area (Å²) < 4.78 is 2.78. The number of nitrogens with one attached hydrogen (secondary N) is 1. The minimum atomic E-state index is -0.176. The van der Waals surface area contributed by atoms with Crippen LogP contribution in [0.1, 0.15) is 12.7 Å². The van der Waals surface area contributed by atoms with E-state index in [1.165, 1.54) is 15.6 Å². The molecule has 0 saturated carbocycles. The largest absolute Gasteiger partial charge is 0.370 e. The van der Waals surface area contributed by atoms with Gasteiger partial charge in [0, 0.05) is 13.6 Å². The van der Waals surface area contributed by atoms with E-state index >= 15 is 0 Å². The standard InChI is InChI=1S/C12H14N6OS/c1-3-13-10-8-4-5-20-11(8)16-9(15-10)6-18-12(19)17(2)7-14-18/h4-5,7H,3,6H2,1-2H3,(H,13,15,16). The highest BCUT2D eigenvalue weighted by Crippen LogP contribution is 2.24. The molecular weight excluding hydrogens is 276 g/mol. The van der Waals surface area contributed by atoms with Gasteiger partial charge in [0.05, 0.1) is 5.39 Å². The van der Waals surface area contributed by atoms with Crippen LogP contribution in [-0.2, 0) is 13.6 Å². The first-order valence-electron chi connectivity index (χ1n) is 6.25. The molecule has 0 aromatic carbocycles. The summed E-state index contributed by atoms with van der Waals surface area (Å²) in [6, 6.07) is 1.99. The number of hydrogen-bond acceptors (Lipinski definition) is 6. The van der Waals surface area contributed by atoms with Gasteiger partial charge in [-0.1, -0.05) is 0 Å². The van der Waals surface area contributed by atoms with Gasteiger partial charge >= 0.3 is 5.69 Å². The third-order valence-corrected chi connectivity index (χ3v) is 3.70. The van der Waals surface area contributed by atoms with Crippen molar-refractivity contribution in [3.05, 3.63) is 34.1 Å². The van der Waals surface area contributed by atoms with E-state index in [1.807, 2.05) is 18.4 Å². The summed E-state index contributed by atoms with van der Waals surface area (Å²) in [7, 11) is 1.67. The van der Waals surface area contributed by atoms with E-state index in [0.29, 0.717) is 5.82 Å². The van der Waals surface area contributed by atoms with Gasteiger partial charge in [-0.2, -0.15) is 5.10 Å². The lowest BCUT2D eigenvalue weighted by molar-refractivity contribution is 0.624. The van der Waals surface area contributed by atoms with Crippen molar-refractivity contribution < 1.29 is 0 Å². The fourth-order valence-electron chi connectivity index (χ4n) is 1.94. The first-order chi connectivity index (χ1) is 9.69. The van der Waals surface area contributed by atoms with Crippen molar-refractivity contribution in [2.24, 2.45) is 7.05 Å². The molecule has 0 saturated heterocycles. The fraction of sp³-hybridized carbons (Fsp3) is 0.333. The summed E-state index contributed by atoms with van der Waals surface area (Å²) in [5.41, 5.74) is -0.176. The molecule has 3 aromatic heterocycles. The Kier molecular flexibility index (Phi) is 3.23. The Balaban J connectivity index is 2.03. The molecule has 0 fully saturated rings. The van der Waals surface area contributed by atoms with Crippen LogP contribution in [0.25, 0.3) is 10.2 Å². The Bertz CT molecular complexity index is 802. The van der Waals surface area contributed by atoms with Crippen LogP contribution in [0.15, 0.2) is 22.6 Å². The molecule has 104 valence electrons. The van der Waals surface area contributed by atoms with E-state index in [9.17, 15) is 4.79 Å². The molecule has 0 amide bonds. The van der Waals surface area contributed by atoms with E-state index in [2.05, 4.69) is 20.4 Å². The van der Waals surface area contributed by atoms with Gasteiger partial charge in [0.1, 0.15) is 23.5 Å². The Morgan fingerprint density at radius 2 is 2.25 bits per heavy atom. The zero-order valence-corrected chi connectivity index (χ0v) is 12.0. The zero-order chi connectivity index (χ0) is 14.1. The van der Waals surface area contributed by atoms with E-state index in [0.717, 1.165) is 22.6 Å². The highest BCUT2D eigenvalue weighted by atomic mass is 32.1. The number of nitrogens with zero attached hydrogens (tertiary/aromatic N) is 5. The van der Waals surface area contributed by atoms with Crippen LogP contribution >= 0.6 is 11.3 Å². The van der Waals surface area contributed by atoms with E-state index in [1.54, 1.807) is 18.4 Å². The van der Waals surface area contributed by atoms with Crippen molar-refractivity contribution in [3.63, 3.8) is 0 Å². The molecule has 0 bridgehead atoms. The minimum Gasteiger partial charge on any atom is -0.370 e. The smallest absolute Gasteiger partial charge is 0.345 e. The first-order valence-corrected chi connectivity index (χ1v) is 7.13. The Labute approximate surface area is 118 Å². The highest BCUT2D eigenvalue weighted by Gasteiger charge is 2.10. The normalized spacial score (nSPS) is 11.1. The second-order valence-corrected chi connectivity index (χ2v) is 5.23. The fourth-order valence-corrected chi connectivity index (χ4v) is 2.72. The Morgan fingerprint density at radius 3 is 2.95 bits per heavy atom. The predicted molar refractivity (Wildman–Crippen MR) is 78.1 cm³/mol. The molecule has 0 radical (unpaired) electrons. The van der Waals surface area contributed by atoms with Gasteiger partial charge in [-0.3, -0.25) is 4.57 Å². The molecule has 0 spiro atoms. The number of anilines is 1. The lowest BCUT2D eigenvalue weighted by atomic mass is 10.3. The Hall–Kier alpha value is -2.22. The van der Waals surface area contributed by atoms with Crippen LogP contribution < -0.4 is 11.0 Å². The number of thiophene rings is 1. The second kappa shape index (κ2) is 5.04. The SMILES string of the molecule is CCNc1nc(Cn2ncn(C)c2=O)nc2sccc12. The van der Waals surface area contributed by atoms with Crippen molar-refractivity contribution in [2.75, 3.05) is 11.9 Å². The van der Waals surface area contributed by atoms with Gasteiger partial charge in [-0.25, -0.2) is 19.4 Å². The summed E-state index contributed by atoms with van der Waals surface area (Å²) >= 11 is 1.56. The van der Waals surface area contributed by atoms with Gasteiger partial charge in [0.25, 0.3) is 0 Å². The molecule has 3 rings (SSSR count). The average molecular weight is 290 g/mol. The highest BCUT2D eigenvalue weighted by molar-refractivity contribution is 7.16. The maximum absolute atomic E-state index is 11.8. The van der Waals surface area contributed by atoms with Crippen molar-refractivity contribution in [1.29, 1.82) is 0 Å². The van der Waals surface area contributed by atoms with E-state index < -0.39 is 0 Å². The number of aryl methyl sites for hydroxylation is 1. The molecule has 7 nitrogen and oxygen atoms in total. The van der Waals surface area contributed by atoms with Gasteiger partial charge in [0.15, 0.2) is 5.82 Å². The number of fused-ring (bicyclic) bond motifs is 1. The maximum atomic E-state index is 11.8. The van der Waals surface area contributed by atoms with Gasteiger partial charge in [-0.05, 0) is 18.4 Å². The molecule has 3 aromatic rings. The summed E-state index contributed by atoms with van der Waals surface area (Å²) in [5, 5.41) is 10.2. The van der Waals surface area contributed by atoms with E-state index in [-0.39, 0.29) is 12.2 Å². The van der Waals surface area contributed by atoms with Gasteiger partial charge in [-0.15, -0.1) is 11.3 Å². The van der Waals surface area contributed by atoms with Gasteiger partial charge in [0.2, 0.25) is 0 Å². The number of rotatable bonds is 4. The van der Waals surface area contributed by atoms with Crippen molar-refractivity contribution in [2.45, 2.75) is 13.5 Å². The van der Waals surface area contributed by atoms with Crippen LogP contribution in [-0.4, -0.2) is 30.9 Å². The molecule has 1 N–H and O–H groups in total. The predicted octanol–water partition coefficient (Wildman–Crippen LogP) is 1.07. The van der Waals surface area contributed by atoms with Crippen molar-refractivity contribution >= 4 is 27.4 Å². The molecular formula is C12H14N6OS. The van der Waals surface area contributed by atoms with Crippen molar-refractivity contribution in [3.8, 4) is 0 Å². The minimum absolute atomic E-state index is 0.176. The third-order valence-electron chi connectivity index (χ3n) is 2.89. The number of aromatic nitrogens is 5. The lowest BCUT2D eigenvalue weighted by Crippen LogP contribution is -2.24. The molecule has 0 aliphatic heterocycles.